The third-order valence-corrected chi connectivity index (χ3v) is 2.14. The number of halogens is 1. The van der Waals surface area contributed by atoms with Gasteiger partial charge in [0.05, 0.1) is 12.2 Å². The molecule has 1 aromatic heterocycles. The minimum atomic E-state index is 0.738. The Bertz CT molecular complexity index is 380. The molecule has 2 rings (SSSR count). The number of hydrogen-bond acceptors (Lipinski definition) is 2. The first-order valence-corrected chi connectivity index (χ1v) is 4.70. The Morgan fingerprint density at radius 2 is 2.00 bits per heavy atom. The topological polar surface area (TPSA) is 40.7 Å². The molecule has 1 aromatic carbocycles. The first kappa shape index (κ1) is 9.09. The third-order valence-electron chi connectivity index (χ3n) is 1.89. The molecule has 0 aliphatic rings. The standard InChI is InChI=1S/C10H10ClN3/c11-8-1-3-9(4-2-8)12-7-10-5-6-13-14-10/h1-6,12H,7H2,(H,13,14). The van der Waals surface area contributed by atoms with Crippen molar-refractivity contribution in [2.45, 2.75) is 6.54 Å². The van der Waals surface area contributed by atoms with Crippen LogP contribution in [0.2, 0.25) is 5.02 Å². The lowest BCUT2D eigenvalue weighted by Crippen LogP contribution is -1.99. The third kappa shape index (κ3) is 2.26. The van der Waals surface area contributed by atoms with Crippen molar-refractivity contribution in [3.05, 3.63) is 47.2 Å². The molecular formula is C10H10ClN3. The number of hydrogen-bond donors (Lipinski definition) is 2. The summed E-state index contributed by atoms with van der Waals surface area (Å²) in [6.45, 7) is 0.738. The predicted octanol–water partition coefficient (Wildman–Crippen LogP) is 2.68. The zero-order chi connectivity index (χ0) is 9.80. The van der Waals surface area contributed by atoms with Gasteiger partial charge in [-0.25, -0.2) is 0 Å². The molecule has 0 saturated heterocycles. The molecule has 0 bridgehead atoms. The van der Waals surface area contributed by atoms with Gasteiger partial charge in [0, 0.05) is 16.9 Å². The summed E-state index contributed by atoms with van der Waals surface area (Å²) >= 11 is 5.77. The van der Waals surface area contributed by atoms with Crippen LogP contribution in [0.15, 0.2) is 36.5 Å². The van der Waals surface area contributed by atoms with Gasteiger partial charge in [-0.05, 0) is 30.3 Å². The summed E-state index contributed by atoms with van der Waals surface area (Å²) < 4.78 is 0. The summed E-state index contributed by atoms with van der Waals surface area (Å²) in [6.07, 6.45) is 1.73. The summed E-state index contributed by atoms with van der Waals surface area (Å²) in [5, 5.41) is 10.7. The summed E-state index contributed by atoms with van der Waals surface area (Å²) in [7, 11) is 0. The van der Waals surface area contributed by atoms with Crippen molar-refractivity contribution in [2.75, 3.05) is 5.32 Å². The molecule has 0 spiro atoms. The Morgan fingerprint density at radius 3 is 2.64 bits per heavy atom. The van der Waals surface area contributed by atoms with Crippen LogP contribution in [0.3, 0.4) is 0 Å². The fourth-order valence-corrected chi connectivity index (χ4v) is 1.27. The van der Waals surface area contributed by atoms with Gasteiger partial charge >= 0.3 is 0 Å². The van der Waals surface area contributed by atoms with E-state index in [1.807, 2.05) is 30.3 Å². The second kappa shape index (κ2) is 4.15. The van der Waals surface area contributed by atoms with Crippen LogP contribution in [0.4, 0.5) is 5.69 Å². The second-order valence-electron chi connectivity index (χ2n) is 2.94. The van der Waals surface area contributed by atoms with Crippen LogP contribution in [0.5, 0.6) is 0 Å². The average molecular weight is 208 g/mol. The van der Waals surface area contributed by atoms with Crippen LogP contribution >= 0.6 is 11.6 Å². The lowest BCUT2D eigenvalue weighted by atomic mass is 10.3. The van der Waals surface area contributed by atoms with Gasteiger partial charge in [0.15, 0.2) is 0 Å². The zero-order valence-electron chi connectivity index (χ0n) is 7.50. The molecule has 0 aliphatic heterocycles. The SMILES string of the molecule is Clc1ccc(NCc2ccn[nH]2)cc1. The number of nitrogens with one attached hydrogen (secondary N) is 2. The highest BCUT2D eigenvalue weighted by molar-refractivity contribution is 6.30. The van der Waals surface area contributed by atoms with Crippen LogP contribution in [-0.2, 0) is 6.54 Å². The van der Waals surface area contributed by atoms with E-state index in [2.05, 4.69) is 15.5 Å². The van der Waals surface area contributed by atoms with E-state index >= 15 is 0 Å². The van der Waals surface area contributed by atoms with E-state index in [1.54, 1.807) is 6.20 Å². The van der Waals surface area contributed by atoms with Crippen LogP contribution in [-0.4, -0.2) is 10.2 Å². The Morgan fingerprint density at radius 1 is 1.21 bits per heavy atom. The number of H-pyrrole nitrogens is 1. The quantitative estimate of drug-likeness (QED) is 0.813. The van der Waals surface area contributed by atoms with E-state index in [0.29, 0.717) is 0 Å². The highest BCUT2D eigenvalue weighted by atomic mass is 35.5. The fourth-order valence-electron chi connectivity index (χ4n) is 1.15. The summed E-state index contributed by atoms with van der Waals surface area (Å²) in [5.41, 5.74) is 2.10. The minimum absolute atomic E-state index is 0.738. The molecule has 14 heavy (non-hydrogen) atoms. The van der Waals surface area contributed by atoms with Gasteiger partial charge in [0.2, 0.25) is 0 Å². The average Bonchev–Trinajstić information content (AvgIpc) is 2.70. The Balaban J connectivity index is 1.95. The summed E-state index contributed by atoms with van der Waals surface area (Å²) in [5.74, 6) is 0. The van der Waals surface area contributed by atoms with Crippen molar-refractivity contribution in [3.8, 4) is 0 Å². The van der Waals surface area contributed by atoms with Gasteiger partial charge in [-0.2, -0.15) is 5.10 Å². The van der Waals surface area contributed by atoms with Crippen molar-refractivity contribution in [2.24, 2.45) is 0 Å². The molecule has 72 valence electrons. The number of aromatic amines is 1. The molecule has 0 atom stereocenters. The first-order chi connectivity index (χ1) is 6.84. The van der Waals surface area contributed by atoms with Gasteiger partial charge in [-0.1, -0.05) is 11.6 Å². The van der Waals surface area contributed by atoms with Gasteiger partial charge in [0.25, 0.3) is 0 Å². The molecule has 1 heterocycles. The van der Waals surface area contributed by atoms with E-state index in [1.165, 1.54) is 0 Å². The van der Waals surface area contributed by atoms with E-state index in [9.17, 15) is 0 Å². The highest BCUT2D eigenvalue weighted by Gasteiger charge is 1.94. The number of benzene rings is 1. The maximum Gasteiger partial charge on any atom is 0.0567 e. The second-order valence-corrected chi connectivity index (χ2v) is 3.38. The van der Waals surface area contributed by atoms with E-state index in [4.69, 9.17) is 11.6 Å². The minimum Gasteiger partial charge on any atom is -0.379 e. The van der Waals surface area contributed by atoms with E-state index < -0.39 is 0 Å². The monoisotopic (exact) mass is 207 g/mol. The smallest absolute Gasteiger partial charge is 0.0567 e. The van der Waals surface area contributed by atoms with Crippen LogP contribution < -0.4 is 5.32 Å². The maximum absolute atomic E-state index is 5.77. The lowest BCUT2D eigenvalue weighted by Gasteiger charge is -2.03. The van der Waals surface area contributed by atoms with Crippen molar-refractivity contribution in [1.29, 1.82) is 0 Å². The molecule has 0 aliphatic carbocycles. The summed E-state index contributed by atoms with van der Waals surface area (Å²) in [6, 6.07) is 9.54. The Labute approximate surface area is 87.1 Å². The maximum atomic E-state index is 5.77. The van der Waals surface area contributed by atoms with Crippen LogP contribution in [0.1, 0.15) is 5.69 Å². The molecule has 0 amide bonds. The normalized spacial score (nSPS) is 10.1. The molecule has 2 aromatic rings. The van der Waals surface area contributed by atoms with Crippen LogP contribution in [0.25, 0.3) is 0 Å². The Kier molecular flexibility index (Phi) is 2.70. The fraction of sp³-hybridized carbons (Fsp3) is 0.100. The highest BCUT2D eigenvalue weighted by Crippen LogP contribution is 2.13. The number of anilines is 1. The van der Waals surface area contributed by atoms with E-state index in [0.717, 1.165) is 22.9 Å². The molecule has 0 fully saturated rings. The zero-order valence-corrected chi connectivity index (χ0v) is 8.25. The van der Waals surface area contributed by atoms with Gasteiger partial charge in [-0.3, -0.25) is 5.10 Å². The van der Waals surface area contributed by atoms with Crippen molar-refractivity contribution in [1.82, 2.24) is 10.2 Å². The molecule has 0 unspecified atom stereocenters. The van der Waals surface area contributed by atoms with E-state index in [-0.39, 0.29) is 0 Å². The predicted molar refractivity (Wildman–Crippen MR) is 57.4 cm³/mol. The summed E-state index contributed by atoms with van der Waals surface area (Å²) in [4.78, 5) is 0. The van der Waals surface area contributed by atoms with Gasteiger partial charge in [0.1, 0.15) is 0 Å². The molecular weight excluding hydrogens is 198 g/mol. The van der Waals surface area contributed by atoms with Gasteiger partial charge < -0.3 is 5.32 Å². The van der Waals surface area contributed by atoms with Crippen molar-refractivity contribution < 1.29 is 0 Å². The molecule has 0 radical (unpaired) electrons. The Hall–Kier alpha value is -1.48. The lowest BCUT2D eigenvalue weighted by molar-refractivity contribution is 0.981. The molecule has 4 heteroatoms. The van der Waals surface area contributed by atoms with Crippen molar-refractivity contribution >= 4 is 17.3 Å². The van der Waals surface area contributed by atoms with Crippen LogP contribution in [0, 0.1) is 0 Å². The molecule has 2 N–H and O–H groups in total. The number of rotatable bonds is 3. The largest absolute Gasteiger partial charge is 0.379 e. The number of aromatic nitrogens is 2. The number of nitrogens with zero attached hydrogens (tertiary/aromatic N) is 1. The molecule has 3 nitrogen and oxygen atoms in total. The van der Waals surface area contributed by atoms with Gasteiger partial charge in [-0.15, -0.1) is 0 Å². The van der Waals surface area contributed by atoms with Crippen molar-refractivity contribution in [3.63, 3.8) is 0 Å². The first-order valence-electron chi connectivity index (χ1n) is 4.32. The molecule has 0 saturated carbocycles.